The zero-order valence-corrected chi connectivity index (χ0v) is 24.7. The van der Waals surface area contributed by atoms with Crippen molar-refractivity contribution in [2.24, 2.45) is 11.8 Å². The van der Waals surface area contributed by atoms with Gasteiger partial charge in [-0.3, -0.25) is 0 Å². The van der Waals surface area contributed by atoms with E-state index in [1.54, 1.807) is 28.7 Å². The molecule has 0 saturated carbocycles. The molecule has 5 aromatic heterocycles. The third-order valence-electron chi connectivity index (χ3n) is 7.30. The fourth-order valence-electron chi connectivity index (χ4n) is 4.87. The maximum absolute atomic E-state index is 9.32. The smallest absolute Gasteiger partial charge is 0.131 e. The second kappa shape index (κ2) is 10.4. The van der Waals surface area contributed by atoms with Crippen LogP contribution in [0.2, 0.25) is 0 Å². The third-order valence-corrected chi connectivity index (χ3v) is 10.9. The van der Waals surface area contributed by atoms with Gasteiger partial charge in [-0.25, -0.2) is 0 Å². The van der Waals surface area contributed by atoms with Crippen LogP contribution in [0.1, 0.15) is 57.2 Å². The van der Waals surface area contributed by atoms with Crippen molar-refractivity contribution >= 4 is 87.0 Å². The summed E-state index contributed by atoms with van der Waals surface area (Å²) in [6.07, 6.45) is 5.89. The molecule has 5 aromatic rings. The van der Waals surface area contributed by atoms with Crippen molar-refractivity contribution in [3.63, 3.8) is 0 Å². The van der Waals surface area contributed by atoms with Gasteiger partial charge in [-0.05, 0) is 43.0 Å². The van der Waals surface area contributed by atoms with Crippen LogP contribution in [0.3, 0.4) is 0 Å². The summed E-state index contributed by atoms with van der Waals surface area (Å²) in [5.74, 6) is 1.05. The van der Waals surface area contributed by atoms with Crippen molar-refractivity contribution in [1.82, 2.24) is 9.13 Å². The largest absolute Gasteiger partial charge is 0.337 e. The van der Waals surface area contributed by atoms with E-state index in [9.17, 15) is 15.8 Å². The Morgan fingerprint density at radius 3 is 1.66 bits per heavy atom. The van der Waals surface area contributed by atoms with Crippen LogP contribution in [0.5, 0.6) is 0 Å². The van der Waals surface area contributed by atoms with Crippen LogP contribution in [-0.4, -0.2) is 9.13 Å². The Morgan fingerprint density at radius 1 is 0.763 bits per heavy atom. The molecule has 5 rings (SSSR count). The quantitative estimate of drug-likeness (QED) is 0.179. The second-order valence-electron chi connectivity index (χ2n) is 10.2. The van der Waals surface area contributed by atoms with Gasteiger partial charge in [-0.15, -0.1) is 34.0 Å². The lowest BCUT2D eigenvalue weighted by molar-refractivity contribution is 0.480. The highest BCUT2D eigenvalue weighted by Crippen LogP contribution is 2.49. The van der Waals surface area contributed by atoms with Gasteiger partial charge >= 0.3 is 0 Å². The summed E-state index contributed by atoms with van der Waals surface area (Å²) in [5.41, 5.74) is 5.91. The van der Waals surface area contributed by atoms with Gasteiger partial charge < -0.3 is 9.13 Å². The lowest BCUT2D eigenvalue weighted by atomic mass is 10.1. The van der Waals surface area contributed by atoms with Crippen molar-refractivity contribution in [3.8, 4) is 18.2 Å². The van der Waals surface area contributed by atoms with E-state index >= 15 is 0 Å². The van der Waals surface area contributed by atoms with E-state index in [1.807, 2.05) is 36.5 Å². The van der Waals surface area contributed by atoms with Crippen LogP contribution < -0.4 is 0 Å². The predicted molar refractivity (Wildman–Crippen MR) is 163 cm³/mol. The highest BCUT2D eigenvalue weighted by atomic mass is 32.1. The maximum Gasteiger partial charge on any atom is 0.131 e. The molecule has 5 nitrogen and oxygen atoms in total. The van der Waals surface area contributed by atoms with Crippen molar-refractivity contribution in [1.29, 1.82) is 15.8 Å². The zero-order chi connectivity index (χ0) is 27.1. The molecule has 0 radical (unpaired) electrons. The summed E-state index contributed by atoms with van der Waals surface area (Å²) in [6.45, 7) is 12.8. The van der Waals surface area contributed by atoms with Crippen molar-refractivity contribution in [2.45, 2.75) is 60.5 Å². The van der Waals surface area contributed by atoms with Crippen LogP contribution in [0, 0.1) is 45.8 Å². The SMILES string of the molecule is CCC(C)Cn1c2cc(C=C(C#N)C#N)sc2c2sc3c4sc(/C=C(/C)C#N)cc4n(CC(C)CC)c3c21. The molecule has 5 heterocycles. The fourth-order valence-corrected chi connectivity index (χ4v) is 8.73. The van der Waals surface area contributed by atoms with Crippen LogP contribution >= 0.6 is 34.0 Å². The second-order valence-corrected chi connectivity index (χ2v) is 13.3. The Hall–Kier alpha value is -3.35. The molecular weight excluding hydrogens is 527 g/mol. The fraction of sp³-hybridized carbons (Fsp3) is 0.367. The topological polar surface area (TPSA) is 81.2 Å². The van der Waals surface area contributed by atoms with Crippen molar-refractivity contribution in [3.05, 3.63) is 33.0 Å². The minimum Gasteiger partial charge on any atom is -0.337 e. The van der Waals surface area contributed by atoms with Crippen molar-refractivity contribution < 1.29 is 0 Å². The number of aromatic nitrogens is 2. The lowest BCUT2D eigenvalue weighted by Crippen LogP contribution is -2.09. The molecule has 0 N–H and O–H groups in total. The Labute approximate surface area is 234 Å². The molecular formula is C30H29N5S3. The Bertz CT molecular complexity index is 1860. The summed E-state index contributed by atoms with van der Waals surface area (Å²) in [7, 11) is 0. The molecule has 2 atom stereocenters. The molecule has 192 valence electrons. The van der Waals surface area contributed by atoms with Gasteiger partial charge in [0.1, 0.15) is 17.7 Å². The Morgan fingerprint density at radius 2 is 1.24 bits per heavy atom. The molecule has 8 heteroatoms. The summed E-state index contributed by atoms with van der Waals surface area (Å²) < 4.78 is 10.1. The molecule has 0 spiro atoms. The van der Waals surface area contributed by atoms with Crippen LogP contribution in [0.15, 0.2) is 23.3 Å². The van der Waals surface area contributed by atoms with Gasteiger partial charge in [-0.2, -0.15) is 15.8 Å². The van der Waals surface area contributed by atoms with E-state index in [2.05, 4.69) is 55.0 Å². The minimum absolute atomic E-state index is 0.128. The number of thiophene rings is 3. The lowest BCUT2D eigenvalue weighted by Gasteiger charge is -2.15. The van der Waals surface area contributed by atoms with E-state index in [1.165, 1.54) is 40.9 Å². The molecule has 0 aromatic carbocycles. The molecule has 0 bridgehead atoms. The zero-order valence-electron chi connectivity index (χ0n) is 22.3. The number of nitriles is 3. The van der Waals surface area contributed by atoms with Crippen molar-refractivity contribution in [2.75, 3.05) is 0 Å². The highest BCUT2D eigenvalue weighted by Gasteiger charge is 2.26. The Balaban J connectivity index is 1.86. The normalized spacial score (nSPS) is 13.7. The van der Waals surface area contributed by atoms with E-state index in [4.69, 9.17) is 0 Å². The summed E-state index contributed by atoms with van der Waals surface area (Å²) in [6, 6.07) is 10.6. The highest BCUT2D eigenvalue weighted by molar-refractivity contribution is 7.34. The van der Waals surface area contributed by atoms with E-state index in [0.717, 1.165) is 35.7 Å². The molecule has 0 saturated heterocycles. The summed E-state index contributed by atoms with van der Waals surface area (Å²) in [5, 5.41) is 27.9. The number of rotatable bonds is 8. The van der Waals surface area contributed by atoms with Crippen LogP contribution in [0.25, 0.3) is 53.0 Å². The molecule has 0 aliphatic heterocycles. The van der Waals surface area contributed by atoms with E-state index in [-0.39, 0.29) is 5.57 Å². The number of allylic oxidation sites excluding steroid dienone is 2. The van der Waals surface area contributed by atoms with Gasteiger partial charge in [0.15, 0.2) is 0 Å². The van der Waals surface area contributed by atoms with Gasteiger partial charge in [0.05, 0.1) is 46.9 Å². The van der Waals surface area contributed by atoms with E-state index in [0.29, 0.717) is 17.4 Å². The number of hydrogen-bond donors (Lipinski definition) is 0. The van der Waals surface area contributed by atoms with Gasteiger partial charge in [0.25, 0.3) is 0 Å². The average molecular weight is 556 g/mol. The standard InChI is InChI=1S/C30H29N5S3/c1-6-17(3)15-34-23-10-21(8-19(5)12-31)36-27(23)29-25(34)26-30(38-29)28-24(35(26)16-18(4)7-2)11-22(37-28)9-20(13-32)14-33/h8-11,17-18H,6-7,15-16H2,1-5H3/b19-8-. The van der Waals surface area contributed by atoms with E-state index < -0.39 is 0 Å². The van der Waals surface area contributed by atoms with Crippen LogP contribution in [-0.2, 0) is 13.1 Å². The molecule has 0 amide bonds. The number of hydrogen-bond acceptors (Lipinski definition) is 6. The number of fused-ring (bicyclic) bond motifs is 7. The predicted octanol–water partition coefficient (Wildman–Crippen LogP) is 9.54. The molecule has 2 unspecified atom stereocenters. The first-order valence-electron chi connectivity index (χ1n) is 12.9. The molecule has 0 aliphatic carbocycles. The summed E-state index contributed by atoms with van der Waals surface area (Å²) in [4.78, 5) is 2.05. The minimum atomic E-state index is 0.128. The van der Waals surface area contributed by atoms with Crippen LogP contribution in [0.4, 0.5) is 0 Å². The third kappa shape index (κ3) is 4.36. The van der Waals surface area contributed by atoms with Gasteiger partial charge in [-0.1, -0.05) is 40.5 Å². The first-order valence-corrected chi connectivity index (χ1v) is 15.4. The van der Waals surface area contributed by atoms with Gasteiger partial charge in [0, 0.05) is 28.4 Å². The maximum atomic E-state index is 9.32. The first-order chi connectivity index (χ1) is 18.3. The Kier molecular flexibility index (Phi) is 7.21. The summed E-state index contributed by atoms with van der Waals surface area (Å²) >= 11 is 5.29. The molecule has 0 aliphatic rings. The first kappa shape index (κ1) is 26.3. The number of nitrogens with zero attached hydrogens (tertiary/aromatic N) is 5. The monoisotopic (exact) mass is 555 g/mol. The molecule has 0 fully saturated rings. The molecule has 38 heavy (non-hydrogen) atoms. The van der Waals surface area contributed by atoms with Gasteiger partial charge in [0.2, 0.25) is 0 Å². The average Bonchev–Trinajstić information content (AvgIpc) is 3.69.